The molecule has 13 heavy (non-hydrogen) atoms. The quantitative estimate of drug-likeness (QED) is 0.729. The van der Waals surface area contributed by atoms with E-state index < -0.39 is 0 Å². The number of aryl methyl sites for hydroxylation is 2. The van der Waals surface area contributed by atoms with Crippen LogP contribution >= 0.6 is 27.5 Å². The highest BCUT2D eigenvalue weighted by molar-refractivity contribution is 9.10. The molecule has 0 fully saturated rings. The van der Waals surface area contributed by atoms with E-state index in [9.17, 15) is 0 Å². The smallest absolute Gasteiger partial charge is 0.168 e. The fourth-order valence-electron chi connectivity index (χ4n) is 1.17. The molecule has 0 aromatic carbocycles. The Hall–Kier alpha value is -0.610. The molecule has 0 unspecified atom stereocenters. The third-order valence-electron chi connectivity index (χ3n) is 1.97. The summed E-state index contributed by atoms with van der Waals surface area (Å²) >= 11 is 9.20. The van der Waals surface area contributed by atoms with Gasteiger partial charge in [0.15, 0.2) is 10.8 Å². The zero-order chi connectivity index (χ0) is 9.59. The lowest BCUT2D eigenvalue weighted by atomic mass is 10.4. The fourth-order valence-corrected chi connectivity index (χ4v) is 1.96. The second-order valence-corrected chi connectivity index (χ2v) is 4.07. The van der Waals surface area contributed by atoms with Crippen molar-refractivity contribution in [2.45, 2.75) is 13.8 Å². The van der Waals surface area contributed by atoms with Gasteiger partial charge in [0.05, 0.1) is 15.9 Å². The summed E-state index contributed by atoms with van der Waals surface area (Å²) in [6.07, 6.45) is 0. The maximum absolute atomic E-state index is 5.82. The van der Waals surface area contributed by atoms with Gasteiger partial charge in [-0.05, 0) is 35.8 Å². The number of imidazole rings is 1. The van der Waals surface area contributed by atoms with Gasteiger partial charge in [0.25, 0.3) is 0 Å². The second kappa shape index (κ2) is 2.96. The van der Waals surface area contributed by atoms with E-state index in [0.29, 0.717) is 5.15 Å². The van der Waals surface area contributed by atoms with Crippen molar-refractivity contribution in [3.05, 3.63) is 27.1 Å². The summed E-state index contributed by atoms with van der Waals surface area (Å²) in [6, 6.07) is 1.74. The lowest BCUT2D eigenvalue weighted by Crippen LogP contribution is -1.94. The molecule has 2 aromatic heterocycles. The number of nitrogens with zero attached hydrogens (tertiary/aromatic N) is 3. The van der Waals surface area contributed by atoms with E-state index in [1.165, 1.54) is 0 Å². The van der Waals surface area contributed by atoms with E-state index in [1.807, 2.05) is 13.8 Å². The van der Waals surface area contributed by atoms with Crippen LogP contribution in [0.1, 0.15) is 11.4 Å². The summed E-state index contributed by atoms with van der Waals surface area (Å²) in [5.41, 5.74) is 2.79. The molecule has 0 saturated carbocycles. The van der Waals surface area contributed by atoms with Crippen LogP contribution < -0.4 is 0 Å². The van der Waals surface area contributed by atoms with Crippen LogP contribution in [0.15, 0.2) is 10.5 Å². The summed E-state index contributed by atoms with van der Waals surface area (Å²) in [6.45, 7) is 3.91. The molecule has 5 heteroatoms. The maximum Gasteiger partial charge on any atom is 0.168 e. The molecule has 3 nitrogen and oxygen atoms in total. The minimum atomic E-state index is 0.458. The van der Waals surface area contributed by atoms with Crippen LogP contribution in [0, 0.1) is 13.8 Å². The molecule has 0 spiro atoms. The first-order valence-electron chi connectivity index (χ1n) is 3.77. The second-order valence-electron chi connectivity index (χ2n) is 2.83. The molecule has 68 valence electrons. The molecule has 2 heterocycles. The summed E-state index contributed by atoms with van der Waals surface area (Å²) in [7, 11) is 0. The Morgan fingerprint density at radius 1 is 1.46 bits per heavy atom. The highest BCUT2D eigenvalue weighted by atomic mass is 79.9. The molecule has 2 aromatic rings. The van der Waals surface area contributed by atoms with E-state index in [2.05, 4.69) is 26.0 Å². The fraction of sp³-hybridized carbons (Fsp3) is 0.250. The van der Waals surface area contributed by atoms with E-state index >= 15 is 0 Å². The van der Waals surface area contributed by atoms with Crippen LogP contribution in [0.5, 0.6) is 0 Å². The lowest BCUT2D eigenvalue weighted by molar-refractivity contribution is 0.893. The van der Waals surface area contributed by atoms with Gasteiger partial charge in [-0.1, -0.05) is 11.6 Å². The minimum absolute atomic E-state index is 0.458. The molecule has 0 aliphatic carbocycles. The van der Waals surface area contributed by atoms with Crippen molar-refractivity contribution < 1.29 is 0 Å². The zero-order valence-corrected chi connectivity index (χ0v) is 9.52. The molecular weight excluding hydrogens is 253 g/mol. The molecular formula is C8H7BrClN3. The number of fused-ring (bicyclic) bond motifs is 1. The van der Waals surface area contributed by atoms with Gasteiger partial charge in [-0.2, -0.15) is 5.10 Å². The van der Waals surface area contributed by atoms with Gasteiger partial charge in [-0.25, -0.2) is 9.50 Å². The highest BCUT2D eigenvalue weighted by Crippen LogP contribution is 2.21. The van der Waals surface area contributed by atoms with Crippen LogP contribution in [0.4, 0.5) is 0 Å². The van der Waals surface area contributed by atoms with Crippen molar-refractivity contribution in [2.75, 3.05) is 0 Å². The van der Waals surface area contributed by atoms with Gasteiger partial charge in [-0.3, -0.25) is 0 Å². The van der Waals surface area contributed by atoms with Crippen molar-refractivity contribution in [3.8, 4) is 0 Å². The van der Waals surface area contributed by atoms with Gasteiger partial charge in [0.2, 0.25) is 0 Å². The topological polar surface area (TPSA) is 30.2 Å². The normalized spacial score (nSPS) is 11.1. The predicted molar refractivity (Wildman–Crippen MR) is 55.2 cm³/mol. The molecule has 0 N–H and O–H groups in total. The largest absolute Gasteiger partial charge is 0.231 e. The summed E-state index contributed by atoms with van der Waals surface area (Å²) in [4.78, 5) is 4.35. The Morgan fingerprint density at radius 3 is 2.85 bits per heavy atom. The van der Waals surface area contributed by atoms with Crippen LogP contribution in [0.2, 0.25) is 5.15 Å². The molecule has 2 rings (SSSR count). The average Bonchev–Trinajstić information content (AvgIpc) is 2.32. The van der Waals surface area contributed by atoms with Crippen LogP contribution in [0.25, 0.3) is 5.65 Å². The van der Waals surface area contributed by atoms with Crippen molar-refractivity contribution in [3.63, 3.8) is 0 Å². The standard InChI is InChI=1S/C8H7BrClN3/c1-4-5(2)13-8(11-4)6(9)3-7(10)12-13/h3H,1-2H3. The van der Waals surface area contributed by atoms with Crippen LogP contribution in [-0.4, -0.2) is 14.6 Å². The Morgan fingerprint density at radius 2 is 2.15 bits per heavy atom. The number of halogens is 2. The monoisotopic (exact) mass is 259 g/mol. The highest BCUT2D eigenvalue weighted by Gasteiger charge is 2.09. The number of aromatic nitrogens is 3. The zero-order valence-electron chi connectivity index (χ0n) is 7.17. The molecule has 0 aliphatic rings. The Kier molecular flexibility index (Phi) is 2.04. The van der Waals surface area contributed by atoms with E-state index in [-0.39, 0.29) is 0 Å². The van der Waals surface area contributed by atoms with E-state index in [4.69, 9.17) is 11.6 Å². The Balaban J connectivity index is 2.94. The summed E-state index contributed by atoms with van der Waals surface area (Å²) < 4.78 is 2.60. The molecule has 0 atom stereocenters. The number of hydrogen-bond acceptors (Lipinski definition) is 2. The maximum atomic E-state index is 5.82. The predicted octanol–water partition coefficient (Wildman–Crippen LogP) is 2.76. The van der Waals surface area contributed by atoms with Crippen LogP contribution in [-0.2, 0) is 0 Å². The van der Waals surface area contributed by atoms with Crippen molar-refractivity contribution in [2.24, 2.45) is 0 Å². The first kappa shape index (κ1) is 8.97. The Bertz CT molecular complexity index is 478. The third-order valence-corrected chi connectivity index (χ3v) is 2.74. The van der Waals surface area contributed by atoms with Gasteiger partial charge in [0, 0.05) is 0 Å². The summed E-state index contributed by atoms with van der Waals surface area (Å²) in [5, 5.41) is 4.60. The van der Waals surface area contributed by atoms with Gasteiger partial charge in [-0.15, -0.1) is 0 Å². The average molecular weight is 261 g/mol. The van der Waals surface area contributed by atoms with E-state index in [1.54, 1.807) is 10.6 Å². The SMILES string of the molecule is Cc1nc2c(Br)cc(Cl)nn2c1C. The molecule has 0 aliphatic heterocycles. The van der Waals surface area contributed by atoms with Gasteiger partial charge < -0.3 is 0 Å². The van der Waals surface area contributed by atoms with Crippen molar-refractivity contribution in [1.29, 1.82) is 0 Å². The lowest BCUT2D eigenvalue weighted by Gasteiger charge is -1.97. The molecule has 0 bridgehead atoms. The molecule has 0 saturated heterocycles. The minimum Gasteiger partial charge on any atom is -0.231 e. The summed E-state index contributed by atoms with van der Waals surface area (Å²) in [5.74, 6) is 0. The van der Waals surface area contributed by atoms with Gasteiger partial charge >= 0.3 is 0 Å². The Labute approximate surface area is 88.9 Å². The van der Waals surface area contributed by atoms with E-state index in [0.717, 1.165) is 21.5 Å². The number of rotatable bonds is 0. The van der Waals surface area contributed by atoms with Crippen molar-refractivity contribution in [1.82, 2.24) is 14.6 Å². The molecule has 0 amide bonds. The first-order valence-corrected chi connectivity index (χ1v) is 4.94. The third kappa shape index (κ3) is 1.34. The van der Waals surface area contributed by atoms with Crippen molar-refractivity contribution >= 4 is 33.2 Å². The first-order chi connectivity index (χ1) is 6.09. The van der Waals surface area contributed by atoms with Crippen LogP contribution in [0.3, 0.4) is 0 Å². The number of hydrogen-bond donors (Lipinski definition) is 0. The molecule has 0 radical (unpaired) electrons. The van der Waals surface area contributed by atoms with Gasteiger partial charge in [0.1, 0.15) is 0 Å².